The summed E-state index contributed by atoms with van der Waals surface area (Å²) in [6.07, 6.45) is 2.39. The molecule has 0 aliphatic carbocycles. The van der Waals surface area contributed by atoms with Crippen molar-refractivity contribution in [2.45, 2.75) is 38.8 Å². The van der Waals surface area contributed by atoms with Crippen LogP contribution in [0.1, 0.15) is 31.7 Å². The van der Waals surface area contributed by atoms with Gasteiger partial charge in [-0.25, -0.2) is 0 Å². The number of carbonyl (C=O) groups is 1. The van der Waals surface area contributed by atoms with Crippen molar-refractivity contribution < 1.29 is 19.4 Å². The molecule has 26 heavy (non-hydrogen) atoms. The lowest BCUT2D eigenvalue weighted by atomic mass is 9.71. The van der Waals surface area contributed by atoms with E-state index in [1.807, 2.05) is 17.0 Å². The molecule has 2 aliphatic heterocycles. The van der Waals surface area contributed by atoms with Gasteiger partial charge >= 0.3 is 0 Å². The maximum Gasteiger partial charge on any atom is 0.219 e. The monoisotopic (exact) mass is 362 g/mol. The molecule has 2 fully saturated rings. The summed E-state index contributed by atoms with van der Waals surface area (Å²) in [7, 11) is 3.33. The van der Waals surface area contributed by atoms with Gasteiger partial charge in [0.2, 0.25) is 5.91 Å². The largest absolute Gasteiger partial charge is 0.493 e. The first-order chi connectivity index (χ1) is 12.5. The third-order valence-corrected chi connectivity index (χ3v) is 5.87. The number of benzene rings is 1. The van der Waals surface area contributed by atoms with Gasteiger partial charge in [-0.05, 0) is 43.8 Å². The van der Waals surface area contributed by atoms with Crippen LogP contribution >= 0.6 is 0 Å². The van der Waals surface area contributed by atoms with Crippen molar-refractivity contribution in [3.8, 4) is 11.5 Å². The summed E-state index contributed by atoms with van der Waals surface area (Å²) in [5.74, 6) is 1.61. The number of carbonyl (C=O) groups excluding carboxylic acids is 1. The molecule has 2 aliphatic rings. The molecule has 1 N–H and O–H groups in total. The molecule has 3 rings (SSSR count). The molecular weight excluding hydrogens is 332 g/mol. The number of nitrogens with zero attached hydrogens (tertiary/aromatic N) is 2. The maximum atomic E-state index is 11.8. The molecule has 6 nitrogen and oxygen atoms in total. The van der Waals surface area contributed by atoms with E-state index in [9.17, 15) is 9.90 Å². The molecule has 0 saturated carbocycles. The van der Waals surface area contributed by atoms with Gasteiger partial charge in [0.15, 0.2) is 11.5 Å². The van der Waals surface area contributed by atoms with Crippen LogP contribution in [0.15, 0.2) is 18.2 Å². The third-order valence-electron chi connectivity index (χ3n) is 5.87. The average molecular weight is 362 g/mol. The summed E-state index contributed by atoms with van der Waals surface area (Å²) in [6.45, 7) is 5.57. The molecular formula is C20H30N2O4. The second-order valence-electron chi connectivity index (χ2n) is 7.69. The van der Waals surface area contributed by atoms with Gasteiger partial charge in [-0.15, -0.1) is 0 Å². The molecule has 0 aromatic heterocycles. The van der Waals surface area contributed by atoms with Crippen molar-refractivity contribution in [3.05, 3.63) is 23.8 Å². The molecule has 1 aromatic rings. The number of rotatable bonds is 4. The van der Waals surface area contributed by atoms with Crippen molar-refractivity contribution in [1.29, 1.82) is 0 Å². The van der Waals surface area contributed by atoms with Crippen LogP contribution in [0.4, 0.5) is 0 Å². The summed E-state index contributed by atoms with van der Waals surface area (Å²) in [6, 6.07) is 5.98. The van der Waals surface area contributed by atoms with Gasteiger partial charge in [-0.1, -0.05) is 12.1 Å². The van der Waals surface area contributed by atoms with E-state index in [4.69, 9.17) is 9.47 Å². The highest BCUT2D eigenvalue weighted by atomic mass is 16.5. The van der Waals surface area contributed by atoms with Crippen molar-refractivity contribution in [1.82, 2.24) is 9.80 Å². The summed E-state index contributed by atoms with van der Waals surface area (Å²) >= 11 is 0. The molecule has 1 amide bonds. The number of likely N-dealkylation sites (tertiary alicyclic amines) is 2. The normalized spacial score (nSPS) is 23.1. The minimum Gasteiger partial charge on any atom is -0.493 e. The fourth-order valence-electron chi connectivity index (χ4n) is 4.46. The zero-order chi connectivity index (χ0) is 18.7. The van der Waals surface area contributed by atoms with Crippen LogP contribution in [-0.4, -0.2) is 67.3 Å². The van der Waals surface area contributed by atoms with Gasteiger partial charge in [0.1, 0.15) is 0 Å². The zero-order valence-electron chi connectivity index (χ0n) is 16.0. The van der Waals surface area contributed by atoms with E-state index in [2.05, 4.69) is 11.0 Å². The highest BCUT2D eigenvalue weighted by molar-refractivity contribution is 5.73. The highest BCUT2D eigenvalue weighted by Crippen LogP contribution is 2.41. The van der Waals surface area contributed by atoms with Crippen LogP contribution in [0.25, 0.3) is 0 Å². The predicted octanol–water partition coefficient (Wildman–Crippen LogP) is 1.90. The van der Waals surface area contributed by atoms with Crippen LogP contribution in [0.2, 0.25) is 0 Å². The van der Waals surface area contributed by atoms with Crippen LogP contribution < -0.4 is 9.47 Å². The van der Waals surface area contributed by atoms with Gasteiger partial charge in [0.05, 0.1) is 20.3 Å². The molecule has 0 radical (unpaired) electrons. The molecule has 1 unspecified atom stereocenters. The fraction of sp³-hybridized carbons (Fsp3) is 0.650. The number of piperidine rings is 2. The molecule has 1 spiro atoms. The molecule has 1 aromatic carbocycles. The van der Waals surface area contributed by atoms with Gasteiger partial charge in [-0.3, -0.25) is 9.69 Å². The van der Waals surface area contributed by atoms with E-state index in [1.165, 1.54) is 0 Å². The Morgan fingerprint density at radius 2 is 2.00 bits per heavy atom. The predicted molar refractivity (Wildman–Crippen MR) is 99.4 cm³/mol. The number of amides is 1. The second-order valence-corrected chi connectivity index (χ2v) is 7.69. The topological polar surface area (TPSA) is 62.2 Å². The minimum atomic E-state index is -0.405. The Kier molecular flexibility index (Phi) is 5.73. The first kappa shape index (κ1) is 19.0. The van der Waals surface area contributed by atoms with Crippen LogP contribution in [0.3, 0.4) is 0 Å². The maximum absolute atomic E-state index is 11.8. The summed E-state index contributed by atoms with van der Waals surface area (Å²) < 4.78 is 10.9. The number of para-hydroxylation sites is 1. The minimum absolute atomic E-state index is 0.0539. The third kappa shape index (κ3) is 3.96. The van der Waals surface area contributed by atoms with E-state index in [-0.39, 0.29) is 11.3 Å². The average Bonchev–Trinajstić information content (AvgIpc) is 2.63. The number of β-amino-alcohol motifs (C(OH)–C–C–N with tert-alkyl or cyclic N) is 1. The standard InChI is InChI=1S/C20H30N2O4/c1-15(23)22-13-17(24)11-20(14-22)7-9-21(10-8-20)12-16-5-4-6-18(25-2)19(16)26-3/h4-6,17,24H,7-14H2,1-3H3. The molecule has 2 heterocycles. The van der Waals surface area contributed by atoms with E-state index in [0.29, 0.717) is 6.54 Å². The smallest absolute Gasteiger partial charge is 0.219 e. The quantitative estimate of drug-likeness (QED) is 0.886. The lowest BCUT2D eigenvalue weighted by Gasteiger charge is -2.49. The van der Waals surface area contributed by atoms with E-state index in [1.54, 1.807) is 21.1 Å². The SMILES string of the molecule is COc1cccc(CN2CCC3(CC2)CC(O)CN(C(C)=O)C3)c1OC. The van der Waals surface area contributed by atoms with Gasteiger partial charge in [0, 0.05) is 32.1 Å². The lowest BCUT2D eigenvalue weighted by molar-refractivity contribution is -0.138. The summed E-state index contributed by atoms with van der Waals surface area (Å²) in [5.41, 5.74) is 1.18. The number of ether oxygens (including phenoxy) is 2. The Morgan fingerprint density at radius 1 is 1.27 bits per heavy atom. The van der Waals surface area contributed by atoms with Crippen LogP contribution in [0, 0.1) is 5.41 Å². The van der Waals surface area contributed by atoms with Crippen molar-refractivity contribution >= 4 is 5.91 Å². The Balaban J connectivity index is 1.65. The van der Waals surface area contributed by atoms with E-state index < -0.39 is 6.10 Å². The number of aliphatic hydroxyl groups excluding tert-OH is 1. The van der Waals surface area contributed by atoms with Crippen LogP contribution in [0.5, 0.6) is 11.5 Å². The Hall–Kier alpha value is -1.79. The first-order valence-corrected chi connectivity index (χ1v) is 9.32. The first-order valence-electron chi connectivity index (χ1n) is 9.32. The molecule has 6 heteroatoms. The molecule has 144 valence electrons. The number of aliphatic hydroxyl groups is 1. The molecule has 1 atom stereocenters. The number of methoxy groups -OCH3 is 2. The van der Waals surface area contributed by atoms with Crippen molar-refractivity contribution in [2.24, 2.45) is 5.41 Å². The highest BCUT2D eigenvalue weighted by Gasteiger charge is 2.42. The summed E-state index contributed by atoms with van der Waals surface area (Å²) in [4.78, 5) is 16.0. The fourth-order valence-corrected chi connectivity index (χ4v) is 4.46. The Labute approximate surface area is 155 Å². The second kappa shape index (κ2) is 7.84. The Morgan fingerprint density at radius 3 is 2.62 bits per heavy atom. The summed E-state index contributed by atoms with van der Waals surface area (Å²) in [5, 5.41) is 10.2. The van der Waals surface area contributed by atoms with Gasteiger partial charge in [-0.2, -0.15) is 0 Å². The van der Waals surface area contributed by atoms with Crippen molar-refractivity contribution in [3.63, 3.8) is 0 Å². The number of hydrogen-bond donors (Lipinski definition) is 1. The molecule has 0 bridgehead atoms. The molecule has 2 saturated heterocycles. The van der Waals surface area contributed by atoms with Crippen molar-refractivity contribution in [2.75, 3.05) is 40.4 Å². The van der Waals surface area contributed by atoms with E-state index >= 15 is 0 Å². The number of hydrogen-bond acceptors (Lipinski definition) is 5. The van der Waals surface area contributed by atoms with Gasteiger partial charge in [0.25, 0.3) is 0 Å². The Bertz CT molecular complexity index is 641. The van der Waals surface area contributed by atoms with Crippen LogP contribution in [-0.2, 0) is 11.3 Å². The van der Waals surface area contributed by atoms with Gasteiger partial charge < -0.3 is 19.5 Å². The zero-order valence-corrected chi connectivity index (χ0v) is 16.0. The van der Waals surface area contributed by atoms with E-state index in [0.717, 1.165) is 62.5 Å². The lowest BCUT2D eigenvalue weighted by Crippen LogP contribution is -2.54.